The van der Waals surface area contributed by atoms with Crippen LogP contribution in [0.5, 0.6) is 0 Å². The molecule has 0 atom stereocenters. The molecule has 0 amide bonds. The lowest BCUT2D eigenvalue weighted by molar-refractivity contribution is 0.669. The highest BCUT2D eigenvalue weighted by Gasteiger charge is 2.18. The van der Waals surface area contributed by atoms with E-state index in [0.29, 0.717) is 0 Å². The molecule has 11 aromatic rings. The molecule has 9 aromatic carbocycles. The Morgan fingerprint density at radius 1 is 0.294 bits per heavy atom. The molecule has 0 fully saturated rings. The predicted octanol–water partition coefficient (Wildman–Crippen LogP) is 14.1. The van der Waals surface area contributed by atoms with Crippen molar-refractivity contribution in [3.8, 4) is 11.1 Å². The zero-order chi connectivity index (χ0) is 33.5. The largest absolute Gasteiger partial charge is 0.456 e. The van der Waals surface area contributed by atoms with Crippen molar-refractivity contribution >= 4 is 93.3 Å². The lowest BCUT2D eigenvalue weighted by Gasteiger charge is -2.26. The van der Waals surface area contributed by atoms with Crippen LogP contribution in [-0.2, 0) is 0 Å². The number of fused-ring (bicyclic) bond motifs is 11. The molecule has 0 spiro atoms. The Kier molecular flexibility index (Phi) is 5.96. The summed E-state index contributed by atoms with van der Waals surface area (Å²) in [6.45, 7) is 0. The molecule has 11 rings (SSSR count). The van der Waals surface area contributed by atoms with Crippen LogP contribution in [0.25, 0.3) is 87.3 Å². The van der Waals surface area contributed by atoms with Gasteiger partial charge in [-0.05, 0) is 98.7 Å². The van der Waals surface area contributed by atoms with Gasteiger partial charge >= 0.3 is 0 Å². The number of anilines is 3. The molecule has 0 aliphatic rings. The van der Waals surface area contributed by atoms with Gasteiger partial charge < -0.3 is 13.7 Å². The molecular weight excluding hydrogens is 623 g/mol. The van der Waals surface area contributed by atoms with Gasteiger partial charge in [-0.25, -0.2) is 0 Å². The van der Waals surface area contributed by atoms with Gasteiger partial charge in [0.25, 0.3) is 0 Å². The van der Waals surface area contributed by atoms with Gasteiger partial charge in [-0.1, -0.05) is 109 Å². The normalized spacial score (nSPS) is 11.9. The Morgan fingerprint density at radius 3 is 1.69 bits per heavy atom. The highest BCUT2D eigenvalue weighted by molar-refractivity contribution is 6.16. The lowest BCUT2D eigenvalue weighted by Crippen LogP contribution is -2.09. The number of furan rings is 2. The Bertz CT molecular complexity index is 3150. The van der Waals surface area contributed by atoms with Gasteiger partial charge in [0.05, 0.1) is 0 Å². The summed E-state index contributed by atoms with van der Waals surface area (Å²) in [7, 11) is 0. The van der Waals surface area contributed by atoms with Crippen LogP contribution in [-0.4, -0.2) is 0 Å². The van der Waals surface area contributed by atoms with E-state index in [1.807, 2.05) is 12.1 Å². The molecule has 2 heterocycles. The molecule has 0 bridgehead atoms. The summed E-state index contributed by atoms with van der Waals surface area (Å²) in [6.07, 6.45) is 0. The second-order valence-corrected chi connectivity index (χ2v) is 13.3. The van der Waals surface area contributed by atoms with Gasteiger partial charge in [0, 0.05) is 50.1 Å². The van der Waals surface area contributed by atoms with Gasteiger partial charge in [0.2, 0.25) is 0 Å². The molecule has 2 aromatic heterocycles. The first-order valence-electron chi connectivity index (χ1n) is 17.3. The van der Waals surface area contributed by atoms with Crippen LogP contribution in [0.1, 0.15) is 0 Å². The smallest absolute Gasteiger partial charge is 0.143 e. The highest BCUT2D eigenvalue weighted by atomic mass is 16.3. The Labute approximate surface area is 293 Å². The Hall–Kier alpha value is -6.84. The molecule has 0 saturated carbocycles. The number of hydrogen-bond donors (Lipinski definition) is 0. The summed E-state index contributed by atoms with van der Waals surface area (Å²) >= 11 is 0. The quantitative estimate of drug-likeness (QED) is 0.177. The van der Waals surface area contributed by atoms with E-state index < -0.39 is 0 Å². The van der Waals surface area contributed by atoms with Crippen molar-refractivity contribution in [3.05, 3.63) is 176 Å². The van der Waals surface area contributed by atoms with Crippen LogP contribution < -0.4 is 4.90 Å². The molecule has 0 unspecified atom stereocenters. The van der Waals surface area contributed by atoms with Crippen molar-refractivity contribution in [1.82, 2.24) is 0 Å². The maximum atomic E-state index is 6.65. The average molecular weight is 652 g/mol. The summed E-state index contributed by atoms with van der Waals surface area (Å²) in [5.41, 5.74) is 9.02. The molecule has 3 heteroatoms. The van der Waals surface area contributed by atoms with Gasteiger partial charge in [0.15, 0.2) is 0 Å². The van der Waals surface area contributed by atoms with Crippen molar-refractivity contribution in [2.24, 2.45) is 0 Å². The van der Waals surface area contributed by atoms with Crippen LogP contribution in [0.2, 0.25) is 0 Å². The number of rotatable bonds is 4. The third-order valence-electron chi connectivity index (χ3n) is 10.4. The second-order valence-electron chi connectivity index (χ2n) is 13.3. The third-order valence-corrected chi connectivity index (χ3v) is 10.4. The Morgan fingerprint density at radius 2 is 0.824 bits per heavy atom. The molecule has 0 aliphatic carbocycles. The van der Waals surface area contributed by atoms with Crippen LogP contribution in [0, 0.1) is 0 Å². The van der Waals surface area contributed by atoms with Crippen LogP contribution in [0.4, 0.5) is 17.1 Å². The second kappa shape index (κ2) is 10.8. The van der Waals surface area contributed by atoms with E-state index in [4.69, 9.17) is 8.83 Å². The summed E-state index contributed by atoms with van der Waals surface area (Å²) in [6, 6.07) is 62.7. The fourth-order valence-electron chi connectivity index (χ4n) is 7.92. The van der Waals surface area contributed by atoms with Crippen LogP contribution in [0.15, 0.2) is 185 Å². The van der Waals surface area contributed by atoms with Crippen LogP contribution >= 0.6 is 0 Å². The van der Waals surface area contributed by atoms with Crippen molar-refractivity contribution in [2.45, 2.75) is 0 Å². The van der Waals surface area contributed by atoms with Crippen molar-refractivity contribution in [2.75, 3.05) is 4.90 Å². The van der Waals surface area contributed by atoms with E-state index in [1.165, 1.54) is 26.9 Å². The summed E-state index contributed by atoms with van der Waals surface area (Å²) in [4.78, 5) is 2.33. The molecule has 0 aliphatic heterocycles. The van der Waals surface area contributed by atoms with E-state index >= 15 is 0 Å². The number of benzene rings is 9. The average Bonchev–Trinajstić information content (AvgIpc) is 3.76. The summed E-state index contributed by atoms with van der Waals surface area (Å²) in [5.74, 6) is 0. The highest BCUT2D eigenvalue weighted by Crippen LogP contribution is 2.42. The minimum atomic E-state index is 0.867. The third kappa shape index (κ3) is 4.38. The van der Waals surface area contributed by atoms with Gasteiger partial charge in [0.1, 0.15) is 22.3 Å². The Balaban J connectivity index is 1.08. The molecule has 238 valence electrons. The zero-order valence-electron chi connectivity index (χ0n) is 27.5. The molecule has 51 heavy (non-hydrogen) atoms. The van der Waals surface area contributed by atoms with Gasteiger partial charge in [-0.2, -0.15) is 0 Å². The number of hydrogen-bond acceptors (Lipinski definition) is 3. The predicted molar refractivity (Wildman–Crippen MR) is 214 cm³/mol. The number of para-hydroxylation sites is 1. The molecule has 0 saturated heterocycles. The fraction of sp³-hybridized carbons (Fsp3) is 0. The first-order chi connectivity index (χ1) is 25.2. The molecule has 0 N–H and O–H groups in total. The van der Waals surface area contributed by atoms with Gasteiger partial charge in [-0.3, -0.25) is 0 Å². The summed E-state index contributed by atoms with van der Waals surface area (Å²) in [5, 5.41) is 11.7. The van der Waals surface area contributed by atoms with E-state index in [9.17, 15) is 0 Å². The summed E-state index contributed by atoms with van der Waals surface area (Å²) < 4.78 is 12.9. The van der Waals surface area contributed by atoms with Gasteiger partial charge in [-0.15, -0.1) is 0 Å². The number of nitrogens with zero attached hydrogens (tertiary/aromatic N) is 1. The lowest BCUT2D eigenvalue weighted by atomic mass is 10.0. The molecular formula is C48H29NO2. The van der Waals surface area contributed by atoms with E-state index in [2.05, 4.69) is 169 Å². The maximum absolute atomic E-state index is 6.65. The van der Waals surface area contributed by atoms with E-state index in [1.54, 1.807) is 0 Å². The topological polar surface area (TPSA) is 29.5 Å². The molecule has 3 nitrogen and oxygen atoms in total. The monoisotopic (exact) mass is 651 g/mol. The standard InChI is InChI=1S/C48H29NO2/c1-3-9-38-31(7-1)13-14-33-17-22-36(28-44(33)38)49(37-23-26-42-43-25-18-32-8-2-4-10-39(32)48(43)51-47(42)29-37)35-20-15-30(16-21-35)34-19-24-41-40-11-5-6-12-45(40)50-46(41)27-34/h1-29H. The molecule has 0 radical (unpaired) electrons. The minimum Gasteiger partial charge on any atom is -0.456 e. The maximum Gasteiger partial charge on any atom is 0.143 e. The van der Waals surface area contributed by atoms with Crippen LogP contribution in [0.3, 0.4) is 0 Å². The zero-order valence-corrected chi connectivity index (χ0v) is 27.5. The minimum absolute atomic E-state index is 0.867. The first kappa shape index (κ1) is 28.0. The van der Waals surface area contributed by atoms with Crippen molar-refractivity contribution in [1.29, 1.82) is 0 Å². The SMILES string of the molecule is c1ccc2c(c1)ccc1ccc(N(c3ccc(-c4ccc5c(c4)oc4ccccc45)cc3)c3ccc4c(c3)oc3c5ccccc5ccc43)cc12. The first-order valence-corrected chi connectivity index (χ1v) is 17.3. The fourth-order valence-corrected chi connectivity index (χ4v) is 7.92. The van der Waals surface area contributed by atoms with Crippen molar-refractivity contribution in [3.63, 3.8) is 0 Å². The van der Waals surface area contributed by atoms with E-state index in [0.717, 1.165) is 77.5 Å². The van der Waals surface area contributed by atoms with Crippen molar-refractivity contribution < 1.29 is 8.83 Å². The van der Waals surface area contributed by atoms with E-state index in [-0.39, 0.29) is 0 Å².